The summed E-state index contributed by atoms with van der Waals surface area (Å²) >= 11 is 0. The maximum absolute atomic E-state index is 13.4. The molecule has 0 bridgehead atoms. The second kappa shape index (κ2) is 5.85. The first-order valence-electron chi connectivity index (χ1n) is 6.46. The molecule has 4 heteroatoms. The van der Waals surface area contributed by atoms with Gasteiger partial charge in [0, 0.05) is 12.6 Å². The molecule has 0 radical (unpaired) electrons. The summed E-state index contributed by atoms with van der Waals surface area (Å²) in [5.74, 6) is -0.276. The average Bonchev–Trinajstić information content (AvgIpc) is 2.38. The van der Waals surface area contributed by atoms with E-state index in [0.29, 0.717) is 11.7 Å². The van der Waals surface area contributed by atoms with Crippen LogP contribution < -0.4 is 5.32 Å². The van der Waals surface area contributed by atoms with E-state index in [-0.39, 0.29) is 18.3 Å². The van der Waals surface area contributed by atoms with Crippen LogP contribution in [0, 0.1) is 5.82 Å². The second-order valence-electron chi connectivity index (χ2n) is 4.77. The van der Waals surface area contributed by atoms with Gasteiger partial charge in [-0.25, -0.2) is 4.39 Å². The Morgan fingerprint density at radius 3 is 2.94 bits per heavy atom. The number of nitrogens with one attached hydrogen (secondary N) is 1. The highest BCUT2D eigenvalue weighted by Gasteiger charge is 2.22. The van der Waals surface area contributed by atoms with Crippen molar-refractivity contribution in [2.75, 3.05) is 18.4 Å². The Bertz CT molecular complexity index is 422. The molecule has 2 rings (SSSR count). The summed E-state index contributed by atoms with van der Waals surface area (Å²) < 4.78 is 13.4. The molecular weight excluding hydrogens is 231 g/mol. The first kappa shape index (κ1) is 12.9. The highest BCUT2D eigenvalue weighted by atomic mass is 19.1. The summed E-state index contributed by atoms with van der Waals surface area (Å²) in [5, 5.41) is 2.86. The van der Waals surface area contributed by atoms with E-state index >= 15 is 0 Å². The molecule has 1 heterocycles. The number of anilines is 1. The predicted molar refractivity (Wildman–Crippen MR) is 69.9 cm³/mol. The number of rotatable bonds is 3. The Labute approximate surface area is 107 Å². The number of amides is 1. The average molecular weight is 250 g/mol. The van der Waals surface area contributed by atoms with Crippen LogP contribution in [0.4, 0.5) is 10.1 Å². The monoisotopic (exact) mass is 250 g/mol. The molecule has 3 nitrogen and oxygen atoms in total. The van der Waals surface area contributed by atoms with Crippen LogP contribution in [0.25, 0.3) is 0 Å². The standard InChI is InChI=1S/C14H19FN2O/c1-11-6-4-5-9-17(11)14(18)10-16-13-8-3-2-7-12(13)15/h2-3,7-8,11,16H,4-6,9-10H2,1H3. The molecule has 1 fully saturated rings. The van der Waals surface area contributed by atoms with Crippen molar-refractivity contribution in [3.05, 3.63) is 30.1 Å². The van der Waals surface area contributed by atoms with Gasteiger partial charge in [0.25, 0.3) is 0 Å². The van der Waals surface area contributed by atoms with Gasteiger partial charge < -0.3 is 10.2 Å². The van der Waals surface area contributed by atoms with Crippen LogP contribution in [-0.2, 0) is 4.79 Å². The molecule has 1 saturated heterocycles. The zero-order valence-corrected chi connectivity index (χ0v) is 10.7. The van der Waals surface area contributed by atoms with Gasteiger partial charge >= 0.3 is 0 Å². The second-order valence-corrected chi connectivity index (χ2v) is 4.77. The van der Waals surface area contributed by atoms with E-state index in [1.54, 1.807) is 18.2 Å². The van der Waals surface area contributed by atoms with Gasteiger partial charge in [0.15, 0.2) is 0 Å². The summed E-state index contributed by atoms with van der Waals surface area (Å²) in [6.45, 7) is 3.05. The summed E-state index contributed by atoms with van der Waals surface area (Å²) in [7, 11) is 0. The maximum Gasteiger partial charge on any atom is 0.242 e. The number of para-hydroxylation sites is 1. The van der Waals surface area contributed by atoms with Gasteiger partial charge in [0.05, 0.1) is 12.2 Å². The zero-order chi connectivity index (χ0) is 13.0. The van der Waals surface area contributed by atoms with Crippen LogP contribution >= 0.6 is 0 Å². The van der Waals surface area contributed by atoms with Crippen LogP contribution in [0.15, 0.2) is 24.3 Å². The Kier molecular flexibility index (Phi) is 4.18. The minimum atomic E-state index is -0.322. The molecular formula is C14H19FN2O. The SMILES string of the molecule is CC1CCCCN1C(=O)CNc1ccccc1F. The number of halogens is 1. The number of nitrogens with zero attached hydrogens (tertiary/aromatic N) is 1. The van der Waals surface area contributed by atoms with E-state index in [9.17, 15) is 9.18 Å². The number of hydrogen-bond donors (Lipinski definition) is 1. The van der Waals surface area contributed by atoms with Gasteiger partial charge in [-0.3, -0.25) is 4.79 Å². The van der Waals surface area contributed by atoms with Gasteiger partial charge in [-0.05, 0) is 38.3 Å². The summed E-state index contributed by atoms with van der Waals surface area (Å²) in [6.07, 6.45) is 3.31. The predicted octanol–water partition coefficient (Wildman–Crippen LogP) is 2.64. The van der Waals surface area contributed by atoms with Crippen molar-refractivity contribution >= 4 is 11.6 Å². The number of carbonyl (C=O) groups excluding carboxylic acids is 1. The van der Waals surface area contributed by atoms with Crippen LogP contribution in [0.3, 0.4) is 0 Å². The van der Waals surface area contributed by atoms with Crippen LogP contribution in [0.5, 0.6) is 0 Å². The summed E-state index contributed by atoms with van der Waals surface area (Å²) in [5.41, 5.74) is 0.385. The Morgan fingerprint density at radius 2 is 2.22 bits per heavy atom. The minimum Gasteiger partial charge on any atom is -0.374 e. The van der Waals surface area contributed by atoms with Gasteiger partial charge in [0.1, 0.15) is 5.82 Å². The molecule has 1 aromatic rings. The molecule has 1 atom stereocenters. The molecule has 18 heavy (non-hydrogen) atoms. The third kappa shape index (κ3) is 3.00. The Morgan fingerprint density at radius 1 is 1.44 bits per heavy atom. The van der Waals surface area contributed by atoms with Crippen molar-refractivity contribution in [3.63, 3.8) is 0 Å². The first-order valence-corrected chi connectivity index (χ1v) is 6.46. The summed E-state index contributed by atoms with van der Waals surface area (Å²) in [4.78, 5) is 13.9. The number of hydrogen-bond acceptors (Lipinski definition) is 2. The van der Waals surface area contributed by atoms with Gasteiger partial charge in [-0.15, -0.1) is 0 Å². The van der Waals surface area contributed by atoms with Crippen molar-refractivity contribution < 1.29 is 9.18 Å². The van der Waals surface area contributed by atoms with Crippen molar-refractivity contribution in [1.82, 2.24) is 4.90 Å². The van der Waals surface area contributed by atoms with Crippen LogP contribution in [0.2, 0.25) is 0 Å². The third-order valence-corrected chi connectivity index (χ3v) is 3.43. The van der Waals surface area contributed by atoms with E-state index in [4.69, 9.17) is 0 Å². The van der Waals surface area contributed by atoms with Crippen molar-refractivity contribution in [1.29, 1.82) is 0 Å². The molecule has 0 spiro atoms. The molecule has 1 aliphatic rings. The number of carbonyl (C=O) groups is 1. The van der Waals surface area contributed by atoms with Crippen LogP contribution in [-0.4, -0.2) is 29.9 Å². The lowest BCUT2D eigenvalue weighted by atomic mass is 10.0. The van der Waals surface area contributed by atoms with Gasteiger partial charge in [0.2, 0.25) is 5.91 Å². The van der Waals surface area contributed by atoms with Crippen molar-refractivity contribution in [2.45, 2.75) is 32.2 Å². The molecule has 0 aliphatic carbocycles. The van der Waals surface area contributed by atoms with Crippen LogP contribution in [0.1, 0.15) is 26.2 Å². The molecule has 0 aromatic heterocycles. The number of benzene rings is 1. The quantitative estimate of drug-likeness (QED) is 0.894. The Balaban J connectivity index is 1.90. The van der Waals surface area contributed by atoms with Crippen molar-refractivity contribution in [2.24, 2.45) is 0 Å². The highest BCUT2D eigenvalue weighted by molar-refractivity contribution is 5.81. The molecule has 1 unspecified atom stereocenters. The fourth-order valence-corrected chi connectivity index (χ4v) is 2.35. The number of piperidine rings is 1. The van der Waals surface area contributed by atoms with E-state index in [2.05, 4.69) is 12.2 Å². The van der Waals surface area contributed by atoms with E-state index in [0.717, 1.165) is 19.4 Å². The lowest BCUT2D eigenvalue weighted by Crippen LogP contribution is -2.44. The fourth-order valence-electron chi connectivity index (χ4n) is 2.35. The van der Waals surface area contributed by atoms with E-state index in [1.807, 2.05) is 4.90 Å². The topological polar surface area (TPSA) is 32.3 Å². The van der Waals surface area contributed by atoms with E-state index < -0.39 is 0 Å². The molecule has 98 valence electrons. The highest BCUT2D eigenvalue weighted by Crippen LogP contribution is 2.17. The van der Waals surface area contributed by atoms with E-state index in [1.165, 1.54) is 12.5 Å². The minimum absolute atomic E-state index is 0.0467. The normalized spacial score (nSPS) is 19.7. The first-order chi connectivity index (χ1) is 8.68. The molecule has 1 amide bonds. The molecule has 1 aromatic carbocycles. The lowest BCUT2D eigenvalue weighted by Gasteiger charge is -2.33. The third-order valence-electron chi connectivity index (χ3n) is 3.43. The largest absolute Gasteiger partial charge is 0.374 e. The van der Waals surface area contributed by atoms with Crippen molar-refractivity contribution in [3.8, 4) is 0 Å². The van der Waals surface area contributed by atoms with Gasteiger partial charge in [-0.2, -0.15) is 0 Å². The Hall–Kier alpha value is -1.58. The molecule has 1 N–H and O–H groups in total. The molecule has 1 aliphatic heterocycles. The molecule has 0 saturated carbocycles. The number of likely N-dealkylation sites (tertiary alicyclic amines) is 1. The smallest absolute Gasteiger partial charge is 0.242 e. The zero-order valence-electron chi connectivity index (χ0n) is 10.7. The summed E-state index contributed by atoms with van der Waals surface area (Å²) in [6, 6.07) is 6.71. The maximum atomic E-state index is 13.4. The lowest BCUT2D eigenvalue weighted by molar-refractivity contribution is -0.132. The van der Waals surface area contributed by atoms with Gasteiger partial charge in [-0.1, -0.05) is 12.1 Å². The fraction of sp³-hybridized carbons (Fsp3) is 0.500.